The fourth-order valence-electron chi connectivity index (χ4n) is 2.05. The molecule has 1 saturated heterocycles. The van der Waals surface area contributed by atoms with Crippen molar-refractivity contribution in [3.8, 4) is 0 Å². The Bertz CT molecular complexity index is 358. The van der Waals surface area contributed by atoms with Gasteiger partial charge in [0.1, 0.15) is 10.7 Å². The van der Waals surface area contributed by atoms with Crippen molar-refractivity contribution < 1.29 is 0 Å². The quantitative estimate of drug-likeness (QED) is 0.799. The zero-order valence-electron chi connectivity index (χ0n) is 11.2. The van der Waals surface area contributed by atoms with E-state index in [2.05, 4.69) is 38.4 Å². The Morgan fingerprint density at radius 3 is 2.44 bits per heavy atom. The van der Waals surface area contributed by atoms with E-state index >= 15 is 0 Å². The van der Waals surface area contributed by atoms with Crippen LogP contribution in [0.4, 0.5) is 5.00 Å². The number of nitrogens with zero attached hydrogens (tertiary/aromatic N) is 5. The largest absolute Gasteiger partial charge is 0.388 e. The minimum atomic E-state index is 0.755. The SMILES string of the molecule is CN(C)CCN1CCN(Cc2nnsc2N)CC1. The number of hydrogen-bond acceptors (Lipinski definition) is 7. The van der Waals surface area contributed by atoms with Crippen LogP contribution in [0.1, 0.15) is 5.69 Å². The second kappa shape index (κ2) is 6.42. The Labute approximate surface area is 113 Å². The number of aromatic nitrogens is 2. The minimum Gasteiger partial charge on any atom is -0.388 e. The van der Waals surface area contributed by atoms with Crippen LogP contribution in [0.15, 0.2) is 0 Å². The summed E-state index contributed by atoms with van der Waals surface area (Å²) in [4.78, 5) is 7.15. The van der Waals surface area contributed by atoms with Gasteiger partial charge in [0, 0.05) is 57.3 Å². The molecule has 0 atom stereocenters. The van der Waals surface area contributed by atoms with Crippen LogP contribution in [-0.2, 0) is 6.54 Å². The first kappa shape index (κ1) is 13.7. The summed E-state index contributed by atoms with van der Waals surface area (Å²) in [5.41, 5.74) is 6.75. The lowest BCUT2D eigenvalue weighted by molar-refractivity contribution is 0.120. The summed E-state index contributed by atoms with van der Waals surface area (Å²) < 4.78 is 3.88. The molecule has 0 unspecified atom stereocenters. The predicted molar refractivity (Wildman–Crippen MR) is 74.6 cm³/mol. The smallest absolute Gasteiger partial charge is 0.132 e. The van der Waals surface area contributed by atoms with Crippen LogP contribution < -0.4 is 5.73 Å². The Morgan fingerprint density at radius 1 is 1.22 bits per heavy atom. The maximum Gasteiger partial charge on any atom is 0.132 e. The number of nitrogens with two attached hydrogens (primary N) is 1. The molecular formula is C11H22N6S. The number of piperazine rings is 1. The van der Waals surface area contributed by atoms with Gasteiger partial charge in [0.25, 0.3) is 0 Å². The van der Waals surface area contributed by atoms with Crippen molar-refractivity contribution in [3.63, 3.8) is 0 Å². The summed E-state index contributed by atoms with van der Waals surface area (Å²) in [6, 6.07) is 0. The number of hydrogen-bond donors (Lipinski definition) is 1. The number of likely N-dealkylation sites (N-methyl/N-ethyl adjacent to an activating group) is 1. The highest BCUT2D eigenvalue weighted by molar-refractivity contribution is 7.09. The lowest BCUT2D eigenvalue weighted by Gasteiger charge is -2.34. The first-order valence-electron chi connectivity index (χ1n) is 6.31. The maximum atomic E-state index is 5.82. The highest BCUT2D eigenvalue weighted by Crippen LogP contribution is 2.15. The van der Waals surface area contributed by atoms with Gasteiger partial charge < -0.3 is 10.6 Å². The summed E-state index contributed by atoms with van der Waals surface area (Å²) >= 11 is 1.28. The normalized spacial score (nSPS) is 18.6. The third kappa shape index (κ3) is 3.88. The molecule has 0 radical (unpaired) electrons. The molecular weight excluding hydrogens is 248 g/mol. The average Bonchev–Trinajstić information content (AvgIpc) is 2.74. The highest BCUT2D eigenvalue weighted by atomic mass is 32.1. The van der Waals surface area contributed by atoms with E-state index in [9.17, 15) is 0 Å². The molecule has 2 N–H and O–H groups in total. The fourth-order valence-corrected chi connectivity index (χ4v) is 2.49. The van der Waals surface area contributed by atoms with Crippen molar-refractivity contribution in [1.82, 2.24) is 24.3 Å². The standard InChI is InChI=1S/C11H22N6S/c1-15(2)3-4-16-5-7-17(8-6-16)9-10-11(12)18-14-13-10/h3-9,12H2,1-2H3. The summed E-state index contributed by atoms with van der Waals surface area (Å²) in [5, 5.41) is 4.82. The van der Waals surface area contributed by atoms with Gasteiger partial charge in [-0.05, 0) is 14.1 Å². The van der Waals surface area contributed by atoms with E-state index < -0.39 is 0 Å². The molecule has 0 aliphatic carbocycles. The molecule has 1 aromatic heterocycles. The molecule has 0 amide bonds. The molecule has 1 aromatic rings. The van der Waals surface area contributed by atoms with Gasteiger partial charge in [-0.25, -0.2) is 0 Å². The van der Waals surface area contributed by atoms with Crippen molar-refractivity contribution in [2.24, 2.45) is 0 Å². The van der Waals surface area contributed by atoms with Gasteiger partial charge >= 0.3 is 0 Å². The van der Waals surface area contributed by atoms with E-state index in [1.54, 1.807) is 0 Å². The Kier molecular flexibility index (Phi) is 4.87. The molecule has 18 heavy (non-hydrogen) atoms. The van der Waals surface area contributed by atoms with Crippen LogP contribution >= 0.6 is 11.5 Å². The third-order valence-corrected chi connectivity index (χ3v) is 3.88. The molecule has 0 saturated carbocycles. The maximum absolute atomic E-state index is 5.82. The minimum absolute atomic E-state index is 0.755. The molecule has 1 fully saturated rings. The van der Waals surface area contributed by atoms with Gasteiger partial charge in [-0.1, -0.05) is 4.49 Å². The van der Waals surface area contributed by atoms with Crippen molar-refractivity contribution in [2.45, 2.75) is 6.54 Å². The van der Waals surface area contributed by atoms with Gasteiger partial charge in [-0.15, -0.1) is 5.10 Å². The highest BCUT2D eigenvalue weighted by Gasteiger charge is 2.18. The van der Waals surface area contributed by atoms with Crippen LogP contribution in [0.2, 0.25) is 0 Å². The molecule has 2 heterocycles. The summed E-state index contributed by atoms with van der Waals surface area (Å²) in [6.45, 7) is 7.56. The monoisotopic (exact) mass is 270 g/mol. The molecule has 102 valence electrons. The van der Waals surface area contributed by atoms with Crippen molar-refractivity contribution in [1.29, 1.82) is 0 Å². The lowest BCUT2D eigenvalue weighted by atomic mass is 10.3. The van der Waals surface area contributed by atoms with E-state index in [1.165, 1.54) is 11.5 Å². The van der Waals surface area contributed by atoms with Crippen molar-refractivity contribution in [3.05, 3.63) is 5.69 Å². The third-order valence-electron chi connectivity index (χ3n) is 3.29. The topological polar surface area (TPSA) is 61.5 Å². The molecule has 1 aliphatic heterocycles. The van der Waals surface area contributed by atoms with Crippen molar-refractivity contribution in [2.75, 3.05) is 59.1 Å². The zero-order valence-corrected chi connectivity index (χ0v) is 12.0. The summed E-state index contributed by atoms with van der Waals surface area (Å²) in [6.07, 6.45) is 0. The van der Waals surface area contributed by atoms with Gasteiger partial charge in [-0.2, -0.15) is 0 Å². The zero-order chi connectivity index (χ0) is 13.0. The molecule has 6 nitrogen and oxygen atoms in total. The van der Waals surface area contributed by atoms with Gasteiger partial charge in [0.15, 0.2) is 0 Å². The summed E-state index contributed by atoms with van der Waals surface area (Å²) in [7, 11) is 4.24. The van der Waals surface area contributed by atoms with E-state index in [0.717, 1.165) is 56.5 Å². The van der Waals surface area contributed by atoms with Crippen molar-refractivity contribution >= 4 is 16.5 Å². The molecule has 7 heteroatoms. The van der Waals surface area contributed by atoms with Crippen LogP contribution in [-0.4, -0.2) is 77.7 Å². The van der Waals surface area contributed by atoms with Crippen LogP contribution in [0.5, 0.6) is 0 Å². The predicted octanol–water partition coefficient (Wildman–Crippen LogP) is -0.200. The van der Waals surface area contributed by atoms with Crippen LogP contribution in [0.25, 0.3) is 0 Å². The first-order valence-corrected chi connectivity index (χ1v) is 7.08. The van der Waals surface area contributed by atoms with E-state index in [0.29, 0.717) is 0 Å². The van der Waals surface area contributed by atoms with Crippen LogP contribution in [0, 0.1) is 0 Å². The fraction of sp³-hybridized carbons (Fsp3) is 0.818. The Hall–Kier alpha value is -0.760. The second-order valence-electron chi connectivity index (χ2n) is 5.00. The lowest BCUT2D eigenvalue weighted by Crippen LogP contribution is -2.47. The first-order chi connectivity index (χ1) is 8.65. The number of anilines is 1. The van der Waals surface area contributed by atoms with E-state index in [-0.39, 0.29) is 0 Å². The van der Waals surface area contributed by atoms with Crippen LogP contribution in [0.3, 0.4) is 0 Å². The number of rotatable bonds is 5. The van der Waals surface area contributed by atoms with Gasteiger partial charge in [-0.3, -0.25) is 9.80 Å². The molecule has 0 spiro atoms. The Balaban J connectivity index is 1.72. The molecule has 2 rings (SSSR count). The van der Waals surface area contributed by atoms with E-state index in [1.807, 2.05) is 0 Å². The van der Waals surface area contributed by atoms with Gasteiger partial charge in [0.2, 0.25) is 0 Å². The summed E-state index contributed by atoms with van der Waals surface area (Å²) in [5.74, 6) is 0. The number of nitrogen functional groups attached to an aromatic ring is 1. The van der Waals surface area contributed by atoms with E-state index in [4.69, 9.17) is 5.73 Å². The average molecular weight is 270 g/mol. The van der Waals surface area contributed by atoms with Gasteiger partial charge in [0.05, 0.1) is 0 Å². The molecule has 1 aliphatic rings. The Morgan fingerprint density at radius 2 is 1.89 bits per heavy atom. The molecule has 0 bridgehead atoms. The molecule has 0 aromatic carbocycles. The second-order valence-corrected chi connectivity index (χ2v) is 5.79.